The first-order valence-electron chi connectivity index (χ1n) is 8.47. The minimum atomic E-state index is -0.518. The third kappa shape index (κ3) is 6.23. The number of carbonyl (C=O) groups is 2. The Balaban J connectivity index is 1.78. The minimum Gasteiger partial charge on any atom is -0.444 e. The van der Waals surface area contributed by atoms with Crippen molar-refractivity contribution in [2.45, 2.75) is 26.4 Å². The number of carbonyl (C=O) groups excluding carboxylic acids is 2. The van der Waals surface area contributed by atoms with E-state index in [1.54, 1.807) is 29.4 Å². The summed E-state index contributed by atoms with van der Waals surface area (Å²) < 4.78 is 5.36. The Morgan fingerprint density at radius 2 is 1.92 bits per heavy atom. The van der Waals surface area contributed by atoms with Gasteiger partial charge in [-0.05, 0) is 32.9 Å². The van der Waals surface area contributed by atoms with E-state index in [-0.39, 0.29) is 24.5 Å². The van der Waals surface area contributed by atoms with Crippen molar-refractivity contribution in [1.82, 2.24) is 14.8 Å². The number of anilines is 1. The molecule has 0 radical (unpaired) electrons. The molecule has 142 valence electrons. The van der Waals surface area contributed by atoms with Crippen LogP contribution in [-0.4, -0.2) is 71.1 Å². The number of hydrogen-bond acceptors (Lipinski definition) is 5. The summed E-state index contributed by atoms with van der Waals surface area (Å²) in [6.45, 7) is 7.50. The van der Waals surface area contributed by atoms with E-state index in [9.17, 15) is 9.59 Å². The van der Waals surface area contributed by atoms with Crippen molar-refractivity contribution in [2.75, 3.05) is 38.0 Å². The van der Waals surface area contributed by atoms with Gasteiger partial charge in [0.2, 0.25) is 5.91 Å². The quantitative estimate of drug-likeness (QED) is 0.610. The number of piperazine rings is 1. The number of nitrogens with zero attached hydrogens (tertiary/aromatic N) is 4. The molecule has 1 aromatic rings. The summed E-state index contributed by atoms with van der Waals surface area (Å²) in [7, 11) is 0. The molecule has 2 heterocycles. The number of aliphatic imine (C=N–C) groups is 1. The molecule has 1 saturated heterocycles. The van der Waals surface area contributed by atoms with Crippen molar-refractivity contribution in [3.63, 3.8) is 0 Å². The zero-order chi connectivity index (χ0) is 19.2. The molecule has 2 rings (SSSR count). The van der Waals surface area contributed by atoms with Crippen molar-refractivity contribution >= 4 is 23.6 Å². The number of amides is 2. The third-order valence-corrected chi connectivity index (χ3v) is 3.59. The Labute approximate surface area is 153 Å². The topological polar surface area (TPSA) is 113 Å². The van der Waals surface area contributed by atoms with Gasteiger partial charge in [0.15, 0.2) is 5.96 Å². The highest BCUT2D eigenvalue weighted by atomic mass is 16.6. The molecule has 1 aliphatic heterocycles. The second-order valence-corrected chi connectivity index (χ2v) is 6.92. The Morgan fingerprint density at radius 1 is 1.27 bits per heavy atom. The normalized spacial score (nSPS) is 15.6. The van der Waals surface area contributed by atoms with E-state index >= 15 is 0 Å². The first kappa shape index (κ1) is 19.5. The molecule has 9 nitrogen and oxygen atoms in total. The lowest BCUT2D eigenvalue weighted by Crippen LogP contribution is -2.53. The highest BCUT2D eigenvalue weighted by Gasteiger charge is 2.26. The number of hydrogen-bond donors (Lipinski definition) is 2. The molecular formula is C17H26N6O3. The van der Waals surface area contributed by atoms with Crippen molar-refractivity contribution in [3.05, 3.63) is 24.5 Å². The van der Waals surface area contributed by atoms with Gasteiger partial charge in [0.05, 0.1) is 11.9 Å². The lowest BCUT2D eigenvalue weighted by molar-refractivity contribution is -0.114. The monoisotopic (exact) mass is 362 g/mol. The van der Waals surface area contributed by atoms with Crippen LogP contribution in [-0.2, 0) is 9.53 Å². The molecule has 0 bridgehead atoms. The molecule has 0 unspecified atom stereocenters. The van der Waals surface area contributed by atoms with E-state index in [0.717, 1.165) is 0 Å². The smallest absolute Gasteiger partial charge is 0.410 e. The predicted octanol–water partition coefficient (Wildman–Crippen LogP) is 0.888. The molecule has 0 aliphatic carbocycles. The van der Waals surface area contributed by atoms with Crippen LogP contribution in [0, 0.1) is 0 Å². The van der Waals surface area contributed by atoms with Gasteiger partial charge in [-0.15, -0.1) is 0 Å². The summed E-state index contributed by atoms with van der Waals surface area (Å²) in [6, 6.07) is 3.48. The van der Waals surface area contributed by atoms with Gasteiger partial charge in [0.25, 0.3) is 0 Å². The molecule has 1 aromatic heterocycles. The average molecular weight is 362 g/mol. The molecule has 0 aromatic carbocycles. The van der Waals surface area contributed by atoms with Crippen LogP contribution in [0.2, 0.25) is 0 Å². The molecule has 0 saturated carbocycles. The molecule has 1 fully saturated rings. The summed E-state index contributed by atoms with van der Waals surface area (Å²) in [5.74, 6) is 0.0171. The van der Waals surface area contributed by atoms with Gasteiger partial charge in [0.1, 0.15) is 12.1 Å². The number of nitrogens with one attached hydrogen (secondary N) is 1. The number of ether oxygens (including phenoxy) is 1. The Kier molecular flexibility index (Phi) is 6.37. The zero-order valence-electron chi connectivity index (χ0n) is 15.4. The van der Waals surface area contributed by atoms with Crippen molar-refractivity contribution in [1.29, 1.82) is 0 Å². The largest absolute Gasteiger partial charge is 0.444 e. The maximum absolute atomic E-state index is 12.0. The van der Waals surface area contributed by atoms with Crippen LogP contribution < -0.4 is 11.1 Å². The number of nitrogens with two attached hydrogens (primary N) is 1. The van der Waals surface area contributed by atoms with E-state index in [0.29, 0.717) is 31.9 Å². The fraction of sp³-hybridized carbons (Fsp3) is 0.529. The van der Waals surface area contributed by atoms with Gasteiger partial charge in [0, 0.05) is 32.4 Å². The first-order chi connectivity index (χ1) is 12.2. The molecule has 26 heavy (non-hydrogen) atoms. The van der Waals surface area contributed by atoms with Crippen LogP contribution in [0.3, 0.4) is 0 Å². The summed E-state index contributed by atoms with van der Waals surface area (Å²) >= 11 is 0. The SMILES string of the molecule is CC(C)(C)OC(=O)N1CCN(C(N)=NCC(=O)Nc2cccnc2)CC1. The zero-order valence-corrected chi connectivity index (χ0v) is 15.4. The standard InChI is InChI=1S/C17H26N6O3/c1-17(2,3)26-16(25)23-9-7-22(8-10-23)15(18)20-12-14(24)21-13-5-4-6-19-11-13/h4-6,11H,7-10,12H2,1-3H3,(H2,18,20)(H,21,24). The van der Waals surface area contributed by atoms with Gasteiger partial charge in [-0.2, -0.15) is 0 Å². The van der Waals surface area contributed by atoms with Crippen LogP contribution in [0.1, 0.15) is 20.8 Å². The summed E-state index contributed by atoms with van der Waals surface area (Å²) in [5.41, 5.74) is 6.05. The van der Waals surface area contributed by atoms with Crippen LogP contribution in [0.15, 0.2) is 29.5 Å². The van der Waals surface area contributed by atoms with Gasteiger partial charge in [-0.1, -0.05) is 0 Å². The average Bonchev–Trinajstić information content (AvgIpc) is 2.59. The maximum atomic E-state index is 12.0. The van der Waals surface area contributed by atoms with Crippen molar-refractivity contribution in [3.8, 4) is 0 Å². The van der Waals surface area contributed by atoms with Crippen LogP contribution >= 0.6 is 0 Å². The fourth-order valence-electron chi connectivity index (χ4n) is 2.33. The van der Waals surface area contributed by atoms with Crippen LogP contribution in [0.4, 0.5) is 10.5 Å². The maximum Gasteiger partial charge on any atom is 0.410 e. The van der Waals surface area contributed by atoms with Crippen molar-refractivity contribution < 1.29 is 14.3 Å². The predicted molar refractivity (Wildman–Crippen MR) is 98.7 cm³/mol. The fourth-order valence-corrected chi connectivity index (χ4v) is 2.33. The summed E-state index contributed by atoms with van der Waals surface area (Å²) in [4.78, 5) is 35.5. The summed E-state index contributed by atoms with van der Waals surface area (Å²) in [6.07, 6.45) is 2.85. The van der Waals surface area contributed by atoms with Gasteiger partial charge in [-0.3, -0.25) is 9.78 Å². The first-order valence-corrected chi connectivity index (χ1v) is 8.47. The highest BCUT2D eigenvalue weighted by molar-refractivity contribution is 5.93. The molecule has 9 heteroatoms. The summed E-state index contributed by atoms with van der Waals surface area (Å²) in [5, 5.41) is 2.69. The number of pyridine rings is 1. The van der Waals surface area contributed by atoms with Gasteiger partial charge >= 0.3 is 6.09 Å². The molecular weight excluding hydrogens is 336 g/mol. The third-order valence-electron chi connectivity index (χ3n) is 3.59. The van der Waals surface area contributed by atoms with Crippen LogP contribution in [0.25, 0.3) is 0 Å². The molecule has 0 spiro atoms. The number of aromatic nitrogens is 1. The van der Waals surface area contributed by atoms with Gasteiger partial charge in [-0.25, -0.2) is 9.79 Å². The Morgan fingerprint density at radius 3 is 2.50 bits per heavy atom. The van der Waals surface area contributed by atoms with E-state index < -0.39 is 5.60 Å². The highest BCUT2D eigenvalue weighted by Crippen LogP contribution is 2.11. The minimum absolute atomic E-state index is 0.0764. The molecule has 3 N–H and O–H groups in total. The number of rotatable bonds is 3. The number of guanidine groups is 1. The lowest BCUT2D eigenvalue weighted by Gasteiger charge is -2.36. The van der Waals surface area contributed by atoms with Crippen LogP contribution in [0.5, 0.6) is 0 Å². The van der Waals surface area contributed by atoms with E-state index in [4.69, 9.17) is 10.5 Å². The Hall–Kier alpha value is -2.84. The van der Waals surface area contributed by atoms with Gasteiger partial charge < -0.3 is 25.6 Å². The second-order valence-electron chi connectivity index (χ2n) is 6.92. The molecule has 2 amide bonds. The molecule has 0 atom stereocenters. The second kappa shape index (κ2) is 8.50. The van der Waals surface area contributed by atoms with Crippen molar-refractivity contribution in [2.24, 2.45) is 10.7 Å². The Bertz CT molecular complexity index is 648. The van der Waals surface area contributed by atoms with E-state index in [2.05, 4.69) is 15.3 Å². The van der Waals surface area contributed by atoms with E-state index in [1.165, 1.54) is 0 Å². The lowest BCUT2D eigenvalue weighted by atomic mass is 10.2. The van der Waals surface area contributed by atoms with E-state index in [1.807, 2.05) is 25.7 Å². The molecule has 1 aliphatic rings.